The molecule has 5 heteroatoms. The number of rotatable bonds is 4. The summed E-state index contributed by atoms with van der Waals surface area (Å²) in [7, 11) is 0. The van der Waals surface area contributed by atoms with Crippen molar-refractivity contribution in [2.24, 2.45) is 5.41 Å². The largest absolute Gasteiger partial charge is 0.326 e. The number of nitrogens with zero attached hydrogens (tertiary/aromatic N) is 2. The van der Waals surface area contributed by atoms with Gasteiger partial charge in [0.25, 0.3) is 0 Å². The van der Waals surface area contributed by atoms with Gasteiger partial charge in [-0.3, -0.25) is 0 Å². The molecule has 0 saturated heterocycles. The molecule has 0 aliphatic carbocycles. The van der Waals surface area contributed by atoms with E-state index in [1.165, 1.54) is 6.07 Å². The van der Waals surface area contributed by atoms with Crippen LogP contribution in [0.1, 0.15) is 45.3 Å². The third-order valence-corrected chi connectivity index (χ3v) is 4.20. The number of hydrogen-bond donors (Lipinski definition) is 0. The molecule has 0 N–H and O–H groups in total. The Morgan fingerprint density at radius 2 is 2.05 bits per heavy atom. The van der Waals surface area contributed by atoms with Crippen LogP contribution in [0.3, 0.4) is 0 Å². The van der Waals surface area contributed by atoms with Crippen LogP contribution in [0, 0.1) is 11.2 Å². The fourth-order valence-electron chi connectivity index (χ4n) is 2.15. The highest BCUT2D eigenvalue weighted by molar-refractivity contribution is 6.31. The lowest BCUT2D eigenvalue weighted by Gasteiger charge is -2.25. The highest BCUT2D eigenvalue weighted by Crippen LogP contribution is 2.32. The van der Waals surface area contributed by atoms with Gasteiger partial charge in [0.15, 0.2) is 0 Å². The van der Waals surface area contributed by atoms with Gasteiger partial charge in [0.05, 0.1) is 21.4 Å². The molecule has 1 atom stereocenters. The maximum atomic E-state index is 13.7. The molecular weight excluding hydrogens is 298 g/mol. The lowest BCUT2D eigenvalue weighted by molar-refractivity contribution is 0.294. The van der Waals surface area contributed by atoms with Crippen molar-refractivity contribution in [1.82, 2.24) is 9.55 Å². The van der Waals surface area contributed by atoms with Gasteiger partial charge in [-0.25, -0.2) is 9.37 Å². The van der Waals surface area contributed by atoms with E-state index in [-0.39, 0.29) is 15.8 Å². The maximum Gasteiger partial charge on any atom is 0.144 e. The summed E-state index contributed by atoms with van der Waals surface area (Å²) in [5.74, 6) is 0.327. The minimum Gasteiger partial charge on any atom is -0.326 e. The number of aromatic nitrogens is 2. The van der Waals surface area contributed by atoms with Gasteiger partial charge < -0.3 is 4.57 Å². The van der Waals surface area contributed by atoms with Gasteiger partial charge in [-0.2, -0.15) is 0 Å². The quantitative estimate of drug-likeness (QED) is 0.675. The van der Waals surface area contributed by atoms with E-state index in [2.05, 4.69) is 25.8 Å². The predicted molar refractivity (Wildman–Crippen MR) is 83.0 cm³/mol. The van der Waals surface area contributed by atoms with Gasteiger partial charge in [-0.1, -0.05) is 32.4 Å². The number of fused-ring (bicyclic) bond motifs is 1. The van der Waals surface area contributed by atoms with Crippen molar-refractivity contribution in [3.05, 3.63) is 28.8 Å². The fourth-order valence-corrected chi connectivity index (χ4v) is 2.47. The fraction of sp³-hybridized carbons (Fsp3) is 0.533. The SMILES string of the molecule is CCC(C)(C)Cn1c(C(C)Cl)nc2cc(Cl)c(F)cc21. The molecule has 0 amide bonds. The van der Waals surface area contributed by atoms with Gasteiger partial charge in [0.1, 0.15) is 11.6 Å². The third-order valence-electron chi connectivity index (χ3n) is 3.72. The van der Waals surface area contributed by atoms with E-state index < -0.39 is 5.82 Å². The van der Waals surface area contributed by atoms with Crippen LogP contribution in [-0.4, -0.2) is 9.55 Å². The molecule has 0 saturated carbocycles. The summed E-state index contributed by atoms with van der Waals surface area (Å²) in [5.41, 5.74) is 1.52. The van der Waals surface area contributed by atoms with Gasteiger partial charge in [0, 0.05) is 12.6 Å². The Bertz CT molecular complexity index is 632. The van der Waals surface area contributed by atoms with Crippen molar-refractivity contribution in [2.45, 2.75) is 46.0 Å². The van der Waals surface area contributed by atoms with Crippen molar-refractivity contribution in [1.29, 1.82) is 0 Å². The normalized spacial score (nSPS) is 13.9. The van der Waals surface area contributed by atoms with Gasteiger partial charge >= 0.3 is 0 Å². The molecule has 0 spiro atoms. The van der Waals surface area contributed by atoms with Crippen molar-refractivity contribution in [2.75, 3.05) is 0 Å². The Labute approximate surface area is 128 Å². The summed E-state index contributed by atoms with van der Waals surface area (Å²) in [5, 5.41) is -0.150. The van der Waals surface area contributed by atoms with Crippen LogP contribution < -0.4 is 0 Å². The van der Waals surface area contributed by atoms with Crippen LogP contribution in [0.25, 0.3) is 11.0 Å². The molecular formula is C15H19Cl2FN2. The van der Waals surface area contributed by atoms with Gasteiger partial charge in [0.2, 0.25) is 0 Å². The monoisotopic (exact) mass is 316 g/mol. The average molecular weight is 317 g/mol. The smallest absolute Gasteiger partial charge is 0.144 e. The number of hydrogen-bond acceptors (Lipinski definition) is 1. The number of alkyl halides is 1. The summed E-state index contributed by atoms with van der Waals surface area (Å²) >= 11 is 12.1. The second kappa shape index (κ2) is 5.53. The molecule has 0 fully saturated rings. The van der Waals surface area contributed by atoms with E-state index in [0.717, 1.165) is 24.3 Å². The highest BCUT2D eigenvalue weighted by Gasteiger charge is 2.23. The molecule has 2 aromatic rings. The predicted octanol–water partition coefficient (Wildman–Crippen LogP) is 5.56. The zero-order chi connectivity index (χ0) is 15.1. The van der Waals surface area contributed by atoms with Crippen molar-refractivity contribution in [3.8, 4) is 0 Å². The van der Waals surface area contributed by atoms with Crippen molar-refractivity contribution < 1.29 is 4.39 Å². The molecule has 1 unspecified atom stereocenters. The molecule has 0 bridgehead atoms. The van der Waals surface area contributed by atoms with Crippen LogP contribution in [0.5, 0.6) is 0 Å². The molecule has 1 heterocycles. The van der Waals surface area contributed by atoms with E-state index >= 15 is 0 Å². The Morgan fingerprint density at radius 1 is 1.40 bits per heavy atom. The highest BCUT2D eigenvalue weighted by atomic mass is 35.5. The van der Waals surface area contributed by atoms with Crippen LogP contribution in [0.2, 0.25) is 5.02 Å². The van der Waals surface area contributed by atoms with Crippen LogP contribution in [-0.2, 0) is 6.54 Å². The first-order valence-electron chi connectivity index (χ1n) is 6.74. The number of halogens is 3. The molecule has 0 radical (unpaired) electrons. The van der Waals surface area contributed by atoms with Crippen LogP contribution in [0.4, 0.5) is 4.39 Å². The first-order valence-corrected chi connectivity index (χ1v) is 7.56. The van der Waals surface area contributed by atoms with E-state index in [1.54, 1.807) is 6.07 Å². The summed E-state index contributed by atoms with van der Waals surface area (Å²) in [6.07, 6.45) is 1.01. The molecule has 0 aliphatic heterocycles. The summed E-state index contributed by atoms with van der Waals surface area (Å²) in [4.78, 5) is 4.51. The molecule has 110 valence electrons. The molecule has 2 nitrogen and oxygen atoms in total. The van der Waals surface area contributed by atoms with Crippen molar-refractivity contribution >= 4 is 34.2 Å². The van der Waals surface area contributed by atoms with Gasteiger partial charge in [-0.15, -0.1) is 11.6 Å². The Hall–Kier alpha value is -0.800. The lowest BCUT2D eigenvalue weighted by Crippen LogP contribution is -2.20. The zero-order valence-electron chi connectivity index (χ0n) is 12.2. The van der Waals surface area contributed by atoms with E-state index in [1.807, 2.05) is 11.5 Å². The van der Waals surface area contributed by atoms with Crippen molar-refractivity contribution in [3.63, 3.8) is 0 Å². The molecule has 20 heavy (non-hydrogen) atoms. The maximum absolute atomic E-state index is 13.7. The first-order chi connectivity index (χ1) is 9.25. The third kappa shape index (κ3) is 2.94. The Kier molecular flexibility index (Phi) is 4.31. The summed E-state index contributed by atoms with van der Waals surface area (Å²) in [6, 6.07) is 3.00. The van der Waals surface area contributed by atoms with Crippen LogP contribution >= 0.6 is 23.2 Å². The summed E-state index contributed by atoms with van der Waals surface area (Å²) < 4.78 is 15.8. The molecule has 0 aliphatic rings. The standard InChI is InChI=1S/C15H19Cl2FN2/c1-5-15(3,4)8-20-13-7-11(18)10(17)6-12(13)19-14(20)9(2)16/h6-7,9H,5,8H2,1-4H3. The summed E-state index contributed by atoms with van der Waals surface area (Å²) in [6.45, 7) is 9.10. The molecule has 1 aromatic heterocycles. The molecule has 2 rings (SSSR count). The topological polar surface area (TPSA) is 17.8 Å². The van der Waals surface area contributed by atoms with E-state index in [4.69, 9.17) is 23.2 Å². The number of imidazole rings is 1. The number of benzene rings is 1. The second-order valence-corrected chi connectivity index (χ2v) is 7.01. The minimum atomic E-state index is -0.427. The first kappa shape index (κ1) is 15.6. The zero-order valence-corrected chi connectivity index (χ0v) is 13.7. The molecule has 1 aromatic carbocycles. The van der Waals surface area contributed by atoms with Gasteiger partial charge in [-0.05, 0) is 24.8 Å². The Balaban J connectivity index is 2.65. The average Bonchev–Trinajstić information content (AvgIpc) is 2.68. The lowest BCUT2D eigenvalue weighted by atomic mass is 9.90. The van der Waals surface area contributed by atoms with E-state index in [0.29, 0.717) is 5.52 Å². The minimum absolute atomic E-state index is 0.0876. The van der Waals surface area contributed by atoms with Crippen LogP contribution in [0.15, 0.2) is 12.1 Å². The van der Waals surface area contributed by atoms with E-state index in [9.17, 15) is 4.39 Å². The Morgan fingerprint density at radius 3 is 2.60 bits per heavy atom. The second-order valence-electron chi connectivity index (χ2n) is 5.94.